The first-order chi connectivity index (χ1) is 3.64. The molecular formula is C6H12BF. The molecule has 0 nitrogen and oxygen atoms in total. The van der Waals surface area contributed by atoms with Gasteiger partial charge in [0.25, 0.3) is 0 Å². The third kappa shape index (κ3) is 1.04. The van der Waals surface area contributed by atoms with E-state index < -0.39 is 0 Å². The molecule has 0 radical (unpaired) electrons. The SMILES string of the molecule is CC1(C)CC(BF)C1. The Bertz CT molecular complexity index is 82.5. The molecule has 0 aliphatic heterocycles. The molecule has 1 rings (SSSR count). The van der Waals surface area contributed by atoms with Crippen LogP contribution in [0.2, 0.25) is 5.82 Å². The average molecular weight is 114 g/mol. The number of rotatable bonds is 1. The fourth-order valence-electron chi connectivity index (χ4n) is 1.61. The van der Waals surface area contributed by atoms with E-state index in [-0.39, 0.29) is 7.56 Å². The van der Waals surface area contributed by atoms with Gasteiger partial charge in [0.2, 0.25) is 0 Å². The van der Waals surface area contributed by atoms with Gasteiger partial charge in [0.05, 0.1) is 0 Å². The van der Waals surface area contributed by atoms with Crippen molar-refractivity contribution < 1.29 is 4.32 Å². The lowest BCUT2D eigenvalue weighted by molar-refractivity contribution is 0.186. The summed E-state index contributed by atoms with van der Waals surface area (Å²) in [6, 6.07) is 0. The van der Waals surface area contributed by atoms with E-state index >= 15 is 0 Å². The molecule has 0 unspecified atom stereocenters. The Kier molecular flexibility index (Phi) is 1.34. The Morgan fingerprint density at radius 3 is 2.12 bits per heavy atom. The van der Waals surface area contributed by atoms with Crippen molar-refractivity contribution in [3.8, 4) is 0 Å². The maximum atomic E-state index is 11.8. The number of halogens is 1. The van der Waals surface area contributed by atoms with Gasteiger partial charge >= 0.3 is 7.56 Å². The van der Waals surface area contributed by atoms with E-state index in [1.165, 1.54) is 0 Å². The summed E-state index contributed by atoms with van der Waals surface area (Å²) >= 11 is 0. The molecule has 46 valence electrons. The van der Waals surface area contributed by atoms with Crippen molar-refractivity contribution in [2.24, 2.45) is 5.41 Å². The molecule has 0 aromatic carbocycles. The Hall–Kier alpha value is -0.00506. The summed E-state index contributed by atoms with van der Waals surface area (Å²) in [5, 5.41) is 0. The van der Waals surface area contributed by atoms with E-state index in [9.17, 15) is 4.32 Å². The van der Waals surface area contributed by atoms with Crippen LogP contribution in [0.25, 0.3) is 0 Å². The standard InChI is InChI=1S/C6H12BF/c1-6(2)3-5(4-6)7-8/h5,7H,3-4H2,1-2H3. The van der Waals surface area contributed by atoms with Gasteiger partial charge < -0.3 is 4.32 Å². The van der Waals surface area contributed by atoms with E-state index in [0.717, 1.165) is 12.8 Å². The second-order valence-corrected chi connectivity index (χ2v) is 3.59. The van der Waals surface area contributed by atoms with E-state index in [2.05, 4.69) is 13.8 Å². The van der Waals surface area contributed by atoms with Gasteiger partial charge in [0, 0.05) is 0 Å². The van der Waals surface area contributed by atoms with Crippen molar-refractivity contribution in [1.82, 2.24) is 0 Å². The van der Waals surface area contributed by atoms with Crippen LogP contribution in [-0.4, -0.2) is 7.56 Å². The molecule has 1 saturated carbocycles. The molecule has 0 aromatic heterocycles. The Balaban J connectivity index is 2.21. The minimum atomic E-state index is -0.108. The maximum absolute atomic E-state index is 11.8. The zero-order valence-electron chi connectivity index (χ0n) is 5.58. The quantitative estimate of drug-likeness (QED) is 0.456. The van der Waals surface area contributed by atoms with Crippen LogP contribution in [0.4, 0.5) is 4.32 Å². The van der Waals surface area contributed by atoms with Crippen LogP contribution in [0.5, 0.6) is 0 Å². The molecule has 8 heavy (non-hydrogen) atoms. The smallest absolute Gasteiger partial charge is 0.334 e. The Labute approximate surface area is 50.8 Å². The van der Waals surface area contributed by atoms with Gasteiger partial charge in [-0.05, 0) is 24.1 Å². The highest BCUT2D eigenvalue weighted by atomic mass is 19.1. The highest BCUT2D eigenvalue weighted by Crippen LogP contribution is 2.48. The highest BCUT2D eigenvalue weighted by molar-refractivity contribution is 6.29. The largest absolute Gasteiger partial charge is 0.341 e. The van der Waals surface area contributed by atoms with E-state index in [4.69, 9.17) is 0 Å². The van der Waals surface area contributed by atoms with Crippen LogP contribution in [0.15, 0.2) is 0 Å². The first kappa shape index (κ1) is 6.12. The number of hydrogen-bond acceptors (Lipinski definition) is 0. The van der Waals surface area contributed by atoms with Crippen molar-refractivity contribution in [2.75, 3.05) is 0 Å². The van der Waals surface area contributed by atoms with Crippen molar-refractivity contribution in [1.29, 1.82) is 0 Å². The second-order valence-electron chi connectivity index (χ2n) is 3.59. The molecule has 1 aliphatic rings. The minimum absolute atomic E-state index is 0.108. The van der Waals surface area contributed by atoms with Gasteiger partial charge in [-0.15, -0.1) is 0 Å². The summed E-state index contributed by atoms with van der Waals surface area (Å²) in [5.41, 5.74) is 0.455. The van der Waals surface area contributed by atoms with Crippen molar-refractivity contribution >= 4 is 7.56 Å². The zero-order valence-corrected chi connectivity index (χ0v) is 5.58. The molecule has 0 spiro atoms. The summed E-state index contributed by atoms with van der Waals surface area (Å²) in [7, 11) is -0.108. The van der Waals surface area contributed by atoms with Gasteiger partial charge in [-0.25, -0.2) is 0 Å². The molecule has 0 saturated heterocycles. The summed E-state index contributed by atoms with van der Waals surface area (Å²) in [5.74, 6) is 0.394. The van der Waals surface area contributed by atoms with Crippen LogP contribution in [0, 0.1) is 5.41 Å². The van der Waals surface area contributed by atoms with Crippen LogP contribution in [0.3, 0.4) is 0 Å². The Morgan fingerprint density at radius 2 is 2.00 bits per heavy atom. The van der Waals surface area contributed by atoms with Crippen LogP contribution >= 0.6 is 0 Å². The molecular weight excluding hydrogens is 102 g/mol. The van der Waals surface area contributed by atoms with Crippen molar-refractivity contribution in [2.45, 2.75) is 32.5 Å². The van der Waals surface area contributed by atoms with Gasteiger partial charge in [0.1, 0.15) is 0 Å². The normalized spacial score (nSPS) is 26.9. The summed E-state index contributed by atoms with van der Waals surface area (Å²) in [6.07, 6.45) is 2.17. The van der Waals surface area contributed by atoms with Crippen LogP contribution in [0.1, 0.15) is 26.7 Å². The van der Waals surface area contributed by atoms with E-state index in [1.54, 1.807) is 0 Å². The summed E-state index contributed by atoms with van der Waals surface area (Å²) in [6.45, 7) is 4.39. The first-order valence-corrected chi connectivity index (χ1v) is 3.20. The van der Waals surface area contributed by atoms with Gasteiger partial charge in [-0.3, -0.25) is 0 Å². The van der Waals surface area contributed by atoms with Crippen molar-refractivity contribution in [3.05, 3.63) is 0 Å². The van der Waals surface area contributed by atoms with Crippen LogP contribution < -0.4 is 0 Å². The summed E-state index contributed by atoms with van der Waals surface area (Å²) < 4.78 is 11.8. The average Bonchev–Trinajstić information content (AvgIpc) is 1.60. The fraction of sp³-hybridized carbons (Fsp3) is 1.00. The lowest BCUT2D eigenvalue weighted by Gasteiger charge is -2.40. The third-order valence-electron chi connectivity index (χ3n) is 1.90. The zero-order chi connectivity index (χ0) is 6.20. The molecule has 0 atom stereocenters. The molecule has 1 aliphatic carbocycles. The molecule has 1 fully saturated rings. The molecule has 0 bridgehead atoms. The summed E-state index contributed by atoms with van der Waals surface area (Å²) in [4.78, 5) is 0. The monoisotopic (exact) mass is 114 g/mol. The minimum Gasteiger partial charge on any atom is -0.341 e. The van der Waals surface area contributed by atoms with Crippen molar-refractivity contribution in [3.63, 3.8) is 0 Å². The predicted octanol–water partition coefficient (Wildman–Crippen LogP) is 1.92. The molecule has 2 heteroatoms. The van der Waals surface area contributed by atoms with Crippen LogP contribution in [-0.2, 0) is 0 Å². The molecule has 0 N–H and O–H groups in total. The van der Waals surface area contributed by atoms with E-state index in [1.807, 2.05) is 0 Å². The lowest BCUT2D eigenvalue weighted by Crippen LogP contribution is -2.29. The molecule has 0 amide bonds. The Morgan fingerprint density at radius 1 is 1.50 bits per heavy atom. The lowest BCUT2D eigenvalue weighted by atomic mass is 9.55. The first-order valence-electron chi connectivity index (χ1n) is 3.20. The topological polar surface area (TPSA) is 0 Å². The number of hydrogen-bond donors (Lipinski definition) is 0. The second kappa shape index (κ2) is 1.75. The highest BCUT2D eigenvalue weighted by Gasteiger charge is 2.36. The maximum Gasteiger partial charge on any atom is 0.334 e. The van der Waals surface area contributed by atoms with Gasteiger partial charge in [-0.1, -0.05) is 13.8 Å². The van der Waals surface area contributed by atoms with Gasteiger partial charge in [-0.2, -0.15) is 0 Å². The van der Waals surface area contributed by atoms with Gasteiger partial charge in [0.15, 0.2) is 0 Å². The predicted molar refractivity (Wildman–Crippen MR) is 35.0 cm³/mol. The fourth-order valence-corrected chi connectivity index (χ4v) is 1.61. The molecule has 0 aromatic rings. The molecule has 0 heterocycles. The van der Waals surface area contributed by atoms with E-state index in [0.29, 0.717) is 11.2 Å². The third-order valence-corrected chi connectivity index (χ3v) is 1.90.